The number of aromatic nitrogens is 2. The Balaban J connectivity index is 1.70. The van der Waals surface area contributed by atoms with Gasteiger partial charge in [0.2, 0.25) is 5.95 Å². The predicted octanol–water partition coefficient (Wildman–Crippen LogP) is 5.01. The topological polar surface area (TPSA) is 56.3 Å². The lowest BCUT2D eigenvalue weighted by Gasteiger charge is -2.26. The minimum atomic E-state index is 0.0237. The van der Waals surface area contributed by atoms with E-state index in [4.69, 9.17) is 9.47 Å². The summed E-state index contributed by atoms with van der Waals surface area (Å²) in [7, 11) is 1.66. The molecule has 2 unspecified atom stereocenters. The largest absolute Gasteiger partial charge is 0.497 e. The summed E-state index contributed by atoms with van der Waals surface area (Å²) in [5, 5.41) is 3.36. The molecule has 0 bridgehead atoms. The Morgan fingerprint density at radius 2 is 2.11 bits per heavy atom. The first kappa shape index (κ1) is 19.8. The number of benzene rings is 1. The second-order valence-corrected chi connectivity index (χ2v) is 6.60. The van der Waals surface area contributed by atoms with E-state index in [0.717, 1.165) is 29.1 Å². The van der Waals surface area contributed by atoms with Gasteiger partial charge in [-0.05, 0) is 30.7 Å². The van der Waals surface area contributed by atoms with Gasteiger partial charge in [0, 0.05) is 23.4 Å². The molecular weight excluding hydrogens is 350 g/mol. The predicted molar refractivity (Wildman–Crippen MR) is 113 cm³/mol. The fourth-order valence-corrected chi connectivity index (χ4v) is 3.01. The molecule has 1 N–H and O–H groups in total. The highest BCUT2D eigenvalue weighted by atomic mass is 16.5. The molecule has 1 aliphatic rings. The first-order valence-electron chi connectivity index (χ1n) is 9.60. The lowest BCUT2D eigenvalue weighted by molar-refractivity contribution is 0.0799. The van der Waals surface area contributed by atoms with Crippen LogP contribution in [0.25, 0.3) is 11.3 Å². The van der Waals surface area contributed by atoms with Crippen LogP contribution in [0, 0.1) is 5.92 Å². The number of allylic oxidation sites excluding steroid dienone is 3. The van der Waals surface area contributed by atoms with Crippen molar-refractivity contribution in [2.45, 2.75) is 26.4 Å². The zero-order valence-electron chi connectivity index (χ0n) is 16.6. The van der Waals surface area contributed by atoms with Gasteiger partial charge < -0.3 is 14.8 Å². The Morgan fingerprint density at radius 3 is 2.93 bits per heavy atom. The van der Waals surface area contributed by atoms with Gasteiger partial charge in [0.15, 0.2) is 0 Å². The van der Waals surface area contributed by atoms with Crippen LogP contribution in [-0.2, 0) is 4.74 Å². The molecule has 1 aromatic heterocycles. The number of nitrogens with one attached hydrogen (secondary N) is 1. The Morgan fingerprint density at radius 1 is 1.21 bits per heavy atom. The molecule has 0 aliphatic heterocycles. The third-order valence-electron chi connectivity index (χ3n) is 4.62. The van der Waals surface area contributed by atoms with Crippen LogP contribution in [-0.4, -0.2) is 29.8 Å². The highest BCUT2D eigenvalue weighted by molar-refractivity contribution is 5.62. The van der Waals surface area contributed by atoms with Crippen molar-refractivity contribution in [1.29, 1.82) is 0 Å². The van der Waals surface area contributed by atoms with Crippen LogP contribution in [0.5, 0.6) is 5.75 Å². The van der Waals surface area contributed by atoms with Crippen molar-refractivity contribution in [3.8, 4) is 17.0 Å². The minimum absolute atomic E-state index is 0.0237. The summed E-state index contributed by atoms with van der Waals surface area (Å²) in [6, 6.07) is 9.73. The Bertz CT molecular complexity index is 874. The SMILES string of the molecule is CC/C=C\COC1C=CC=C(Nc2nccc(-c3cccc(OC)c3)n2)C1C. The van der Waals surface area contributed by atoms with Crippen molar-refractivity contribution < 1.29 is 9.47 Å². The summed E-state index contributed by atoms with van der Waals surface area (Å²) in [5.41, 5.74) is 2.86. The van der Waals surface area contributed by atoms with E-state index in [2.05, 4.69) is 47.4 Å². The summed E-state index contributed by atoms with van der Waals surface area (Å²) >= 11 is 0. The molecule has 28 heavy (non-hydrogen) atoms. The average Bonchev–Trinajstić information content (AvgIpc) is 2.74. The summed E-state index contributed by atoms with van der Waals surface area (Å²) in [6.45, 7) is 4.87. The second kappa shape index (κ2) is 9.85. The summed E-state index contributed by atoms with van der Waals surface area (Å²) < 4.78 is 11.3. The number of rotatable bonds is 8. The minimum Gasteiger partial charge on any atom is -0.497 e. The second-order valence-electron chi connectivity index (χ2n) is 6.60. The van der Waals surface area contributed by atoms with Crippen molar-refractivity contribution in [3.63, 3.8) is 0 Å². The fourth-order valence-electron chi connectivity index (χ4n) is 3.01. The van der Waals surface area contributed by atoms with Crippen LogP contribution in [0.4, 0.5) is 5.95 Å². The molecule has 0 radical (unpaired) electrons. The molecule has 2 atom stereocenters. The number of hydrogen-bond acceptors (Lipinski definition) is 5. The fraction of sp³-hybridized carbons (Fsp3) is 0.304. The van der Waals surface area contributed by atoms with Crippen molar-refractivity contribution in [2.75, 3.05) is 19.0 Å². The average molecular weight is 377 g/mol. The third-order valence-corrected chi connectivity index (χ3v) is 4.62. The van der Waals surface area contributed by atoms with Crippen molar-refractivity contribution in [3.05, 3.63) is 72.6 Å². The van der Waals surface area contributed by atoms with Crippen molar-refractivity contribution in [1.82, 2.24) is 9.97 Å². The molecule has 0 amide bonds. The molecule has 1 aliphatic carbocycles. The van der Waals surface area contributed by atoms with Gasteiger partial charge in [-0.1, -0.05) is 50.3 Å². The highest BCUT2D eigenvalue weighted by Gasteiger charge is 2.22. The van der Waals surface area contributed by atoms with E-state index in [-0.39, 0.29) is 12.0 Å². The summed E-state index contributed by atoms with van der Waals surface area (Å²) in [4.78, 5) is 9.04. The summed E-state index contributed by atoms with van der Waals surface area (Å²) in [5.74, 6) is 1.55. The summed E-state index contributed by atoms with van der Waals surface area (Å²) in [6.07, 6.45) is 13.1. The monoisotopic (exact) mass is 377 g/mol. The van der Waals surface area contributed by atoms with Gasteiger partial charge in [-0.3, -0.25) is 0 Å². The van der Waals surface area contributed by atoms with E-state index in [9.17, 15) is 0 Å². The number of anilines is 1. The maximum absolute atomic E-state index is 5.97. The van der Waals surface area contributed by atoms with Crippen molar-refractivity contribution >= 4 is 5.95 Å². The Kier molecular flexibility index (Phi) is 6.98. The Labute approximate surface area is 166 Å². The zero-order chi connectivity index (χ0) is 19.8. The Hall–Kier alpha value is -2.92. The zero-order valence-corrected chi connectivity index (χ0v) is 16.6. The van der Waals surface area contributed by atoms with Crippen LogP contribution in [0.3, 0.4) is 0 Å². The lowest BCUT2D eigenvalue weighted by atomic mass is 9.96. The van der Waals surface area contributed by atoms with Gasteiger partial charge in [0.1, 0.15) is 5.75 Å². The molecule has 1 aromatic carbocycles. The molecule has 146 valence electrons. The highest BCUT2D eigenvalue weighted by Crippen LogP contribution is 2.26. The van der Waals surface area contributed by atoms with Crippen LogP contribution < -0.4 is 10.1 Å². The van der Waals surface area contributed by atoms with E-state index < -0.39 is 0 Å². The van der Waals surface area contributed by atoms with E-state index in [1.54, 1.807) is 13.3 Å². The lowest BCUT2D eigenvalue weighted by Crippen LogP contribution is -2.27. The number of hydrogen-bond donors (Lipinski definition) is 1. The molecule has 0 fully saturated rings. The molecule has 0 saturated heterocycles. The van der Waals surface area contributed by atoms with Crippen LogP contribution >= 0.6 is 0 Å². The van der Waals surface area contributed by atoms with Crippen LogP contribution in [0.15, 0.2) is 72.6 Å². The number of ether oxygens (including phenoxy) is 2. The van der Waals surface area contributed by atoms with Gasteiger partial charge in [-0.25, -0.2) is 9.97 Å². The van der Waals surface area contributed by atoms with E-state index >= 15 is 0 Å². The van der Waals surface area contributed by atoms with E-state index in [1.807, 2.05) is 42.5 Å². The maximum atomic E-state index is 5.97. The quantitative estimate of drug-likeness (QED) is 0.656. The van der Waals surface area contributed by atoms with Gasteiger partial charge in [-0.2, -0.15) is 0 Å². The molecule has 5 nitrogen and oxygen atoms in total. The normalized spacial score (nSPS) is 18.9. The van der Waals surface area contributed by atoms with Gasteiger partial charge in [-0.15, -0.1) is 0 Å². The van der Waals surface area contributed by atoms with Gasteiger partial charge in [0.25, 0.3) is 0 Å². The molecule has 2 aromatic rings. The molecular formula is C23H27N3O2. The molecule has 0 spiro atoms. The van der Waals surface area contributed by atoms with Gasteiger partial charge >= 0.3 is 0 Å². The van der Waals surface area contributed by atoms with E-state index in [0.29, 0.717) is 12.6 Å². The smallest absolute Gasteiger partial charge is 0.227 e. The number of methoxy groups -OCH3 is 1. The molecule has 0 saturated carbocycles. The van der Waals surface area contributed by atoms with Crippen LogP contribution in [0.2, 0.25) is 0 Å². The van der Waals surface area contributed by atoms with Crippen molar-refractivity contribution in [2.24, 2.45) is 5.92 Å². The van der Waals surface area contributed by atoms with E-state index in [1.165, 1.54) is 0 Å². The van der Waals surface area contributed by atoms with Gasteiger partial charge in [0.05, 0.1) is 25.5 Å². The maximum Gasteiger partial charge on any atom is 0.227 e. The first-order valence-corrected chi connectivity index (χ1v) is 9.60. The third kappa shape index (κ3) is 5.08. The first-order chi connectivity index (χ1) is 13.7. The standard InChI is InChI=1S/C23H27N3O2/c1-4-5-6-15-28-22-12-8-11-20(17(22)2)25-23-24-14-13-21(26-23)18-9-7-10-19(16-18)27-3/h5-14,16-17,22H,4,15H2,1-3H3,(H,24,25,26)/b6-5-. The number of nitrogens with zero attached hydrogens (tertiary/aromatic N) is 2. The molecule has 3 rings (SSSR count). The molecule has 1 heterocycles. The van der Waals surface area contributed by atoms with Crippen LogP contribution in [0.1, 0.15) is 20.3 Å². The molecule has 5 heteroatoms.